The molecule has 0 aromatic carbocycles. The lowest BCUT2D eigenvalue weighted by Gasteiger charge is -2.25. The smallest absolute Gasteiger partial charge is 0.142 e. The number of aromatic nitrogens is 2. The summed E-state index contributed by atoms with van der Waals surface area (Å²) in [5.41, 5.74) is 7.74. The first-order valence-corrected chi connectivity index (χ1v) is 7.91. The van der Waals surface area contributed by atoms with Gasteiger partial charge in [-0.1, -0.05) is 25.7 Å². The zero-order valence-corrected chi connectivity index (χ0v) is 12.1. The number of nitrogens with zero attached hydrogens (tertiary/aromatic N) is 2. The third-order valence-corrected chi connectivity index (χ3v) is 4.99. The van der Waals surface area contributed by atoms with Crippen molar-refractivity contribution in [3.63, 3.8) is 0 Å². The minimum absolute atomic E-state index is 0.305. The zero-order chi connectivity index (χ0) is 14.0. The van der Waals surface area contributed by atoms with Gasteiger partial charge in [-0.05, 0) is 18.9 Å². The van der Waals surface area contributed by atoms with E-state index in [0.29, 0.717) is 5.56 Å². The number of nitrogens with two attached hydrogens (primary N) is 1. The molecule has 1 saturated carbocycles. The van der Waals surface area contributed by atoms with Gasteiger partial charge in [-0.2, -0.15) is 0 Å². The highest BCUT2D eigenvalue weighted by molar-refractivity contribution is 7.10. The second kappa shape index (κ2) is 5.58. The van der Waals surface area contributed by atoms with Gasteiger partial charge in [-0.15, -0.1) is 11.3 Å². The standard InChI is InChI=1S/C15H18FN3S/c16-12-7-11(8-18-9-12)13-10-20-14(19-13)15(17)5-3-1-2-4-6-15/h7-10H,1-6,17H2. The number of rotatable bonds is 2. The maximum atomic E-state index is 13.2. The quantitative estimate of drug-likeness (QED) is 0.855. The summed E-state index contributed by atoms with van der Waals surface area (Å²) in [7, 11) is 0. The fourth-order valence-corrected chi connectivity index (χ4v) is 3.76. The van der Waals surface area contributed by atoms with Gasteiger partial charge in [0.15, 0.2) is 0 Å². The van der Waals surface area contributed by atoms with Gasteiger partial charge in [0.25, 0.3) is 0 Å². The fourth-order valence-electron chi connectivity index (χ4n) is 2.76. The summed E-state index contributed by atoms with van der Waals surface area (Å²) >= 11 is 1.58. The van der Waals surface area contributed by atoms with Crippen LogP contribution in [-0.4, -0.2) is 9.97 Å². The number of halogens is 1. The largest absolute Gasteiger partial charge is 0.319 e. The molecule has 3 nitrogen and oxygen atoms in total. The molecular formula is C15H18FN3S. The van der Waals surface area contributed by atoms with Crippen molar-refractivity contribution in [1.29, 1.82) is 0 Å². The lowest BCUT2D eigenvalue weighted by Crippen LogP contribution is -2.35. The Morgan fingerprint density at radius 1 is 1.15 bits per heavy atom. The molecule has 106 valence electrons. The van der Waals surface area contributed by atoms with Crippen molar-refractivity contribution < 1.29 is 4.39 Å². The normalized spacial score (nSPS) is 18.7. The molecule has 2 aromatic heterocycles. The van der Waals surface area contributed by atoms with Crippen molar-refractivity contribution in [2.45, 2.75) is 44.1 Å². The van der Waals surface area contributed by atoms with E-state index in [4.69, 9.17) is 5.73 Å². The minimum Gasteiger partial charge on any atom is -0.319 e. The molecule has 20 heavy (non-hydrogen) atoms. The molecule has 3 rings (SSSR count). The van der Waals surface area contributed by atoms with E-state index >= 15 is 0 Å². The van der Waals surface area contributed by atoms with Crippen molar-refractivity contribution in [1.82, 2.24) is 9.97 Å². The molecule has 0 spiro atoms. The van der Waals surface area contributed by atoms with Crippen LogP contribution in [0.2, 0.25) is 0 Å². The van der Waals surface area contributed by atoms with Crippen LogP contribution < -0.4 is 5.73 Å². The number of thiazole rings is 1. The average Bonchev–Trinajstić information content (AvgIpc) is 2.84. The lowest BCUT2D eigenvalue weighted by atomic mass is 9.92. The predicted molar refractivity (Wildman–Crippen MR) is 78.9 cm³/mol. The van der Waals surface area contributed by atoms with Crippen LogP contribution in [0, 0.1) is 5.82 Å². The summed E-state index contributed by atoms with van der Waals surface area (Å²) in [4.78, 5) is 8.52. The Morgan fingerprint density at radius 2 is 1.90 bits per heavy atom. The van der Waals surface area contributed by atoms with Crippen LogP contribution in [0.1, 0.15) is 43.5 Å². The summed E-state index contributed by atoms with van der Waals surface area (Å²) in [6.45, 7) is 0. The lowest BCUT2D eigenvalue weighted by molar-refractivity contribution is 0.384. The molecule has 1 aliphatic rings. The number of pyridine rings is 1. The van der Waals surface area contributed by atoms with Crippen LogP contribution in [0.4, 0.5) is 4.39 Å². The Bertz CT molecular complexity index is 588. The van der Waals surface area contributed by atoms with E-state index in [1.807, 2.05) is 5.38 Å². The van der Waals surface area contributed by atoms with E-state index in [0.717, 1.165) is 36.4 Å². The molecule has 1 fully saturated rings. The van der Waals surface area contributed by atoms with Crippen LogP contribution in [0.5, 0.6) is 0 Å². The molecular weight excluding hydrogens is 273 g/mol. The first-order chi connectivity index (χ1) is 9.67. The highest BCUT2D eigenvalue weighted by atomic mass is 32.1. The van der Waals surface area contributed by atoms with E-state index in [9.17, 15) is 4.39 Å². The summed E-state index contributed by atoms with van der Waals surface area (Å²) in [5.74, 6) is -0.339. The van der Waals surface area contributed by atoms with Gasteiger partial charge in [0.05, 0.1) is 17.4 Å². The van der Waals surface area contributed by atoms with Crippen molar-refractivity contribution in [3.05, 3.63) is 34.7 Å². The first kappa shape index (κ1) is 13.6. The summed E-state index contributed by atoms with van der Waals surface area (Å²) < 4.78 is 13.2. The van der Waals surface area contributed by atoms with Crippen LogP contribution >= 0.6 is 11.3 Å². The van der Waals surface area contributed by atoms with Gasteiger partial charge >= 0.3 is 0 Å². The van der Waals surface area contributed by atoms with Crippen LogP contribution in [0.25, 0.3) is 11.3 Å². The molecule has 0 atom stereocenters. The highest BCUT2D eigenvalue weighted by Crippen LogP contribution is 2.36. The molecule has 0 saturated heterocycles. The van der Waals surface area contributed by atoms with Gasteiger partial charge in [0, 0.05) is 17.1 Å². The van der Waals surface area contributed by atoms with E-state index in [2.05, 4.69) is 9.97 Å². The zero-order valence-electron chi connectivity index (χ0n) is 11.3. The molecule has 5 heteroatoms. The SMILES string of the molecule is NC1(c2nc(-c3cncc(F)c3)cs2)CCCCCC1. The van der Waals surface area contributed by atoms with Crippen LogP contribution in [0.15, 0.2) is 23.8 Å². The van der Waals surface area contributed by atoms with Crippen LogP contribution in [0.3, 0.4) is 0 Å². The van der Waals surface area contributed by atoms with Gasteiger partial charge < -0.3 is 5.73 Å². The van der Waals surface area contributed by atoms with Gasteiger partial charge in [0.2, 0.25) is 0 Å². The van der Waals surface area contributed by atoms with E-state index < -0.39 is 0 Å². The molecule has 1 aliphatic carbocycles. The summed E-state index contributed by atoms with van der Waals surface area (Å²) in [5, 5.41) is 2.92. The van der Waals surface area contributed by atoms with E-state index in [-0.39, 0.29) is 11.4 Å². The van der Waals surface area contributed by atoms with Gasteiger partial charge in [-0.3, -0.25) is 4.98 Å². The Morgan fingerprint density at radius 3 is 2.60 bits per heavy atom. The summed E-state index contributed by atoms with van der Waals surface area (Å²) in [6.07, 6.45) is 9.64. The van der Waals surface area contributed by atoms with Crippen molar-refractivity contribution in [2.24, 2.45) is 5.73 Å². The molecule has 0 radical (unpaired) electrons. The number of hydrogen-bond donors (Lipinski definition) is 1. The maximum absolute atomic E-state index is 13.2. The predicted octanol–water partition coefficient (Wildman–Crippen LogP) is 3.85. The second-order valence-electron chi connectivity index (χ2n) is 5.50. The van der Waals surface area contributed by atoms with Crippen molar-refractivity contribution in [3.8, 4) is 11.3 Å². The Kier molecular flexibility index (Phi) is 3.81. The van der Waals surface area contributed by atoms with Crippen molar-refractivity contribution >= 4 is 11.3 Å². The molecule has 2 aromatic rings. The third-order valence-electron chi connectivity index (χ3n) is 3.93. The maximum Gasteiger partial charge on any atom is 0.142 e. The topological polar surface area (TPSA) is 51.8 Å². The van der Waals surface area contributed by atoms with Crippen LogP contribution in [-0.2, 0) is 5.54 Å². The highest BCUT2D eigenvalue weighted by Gasteiger charge is 2.31. The van der Waals surface area contributed by atoms with Gasteiger partial charge in [-0.25, -0.2) is 9.37 Å². The fraction of sp³-hybridized carbons (Fsp3) is 0.467. The summed E-state index contributed by atoms with van der Waals surface area (Å²) in [6, 6.07) is 1.46. The third kappa shape index (κ3) is 2.74. The van der Waals surface area contributed by atoms with Crippen molar-refractivity contribution in [2.75, 3.05) is 0 Å². The molecule has 0 unspecified atom stereocenters. The molecule has 2 N–H and O–H groups in total. The molecule has 2 heterocycles. The Balaban J connectivity index is 1.89. The van der Waals surface area contributed by atoms with E-state index in [1.54, 1.807) is 17.5 Å². The minimum atomic E-state index is -0.339. The Hall–Kier alpha value is -1.33. The first-order valence-electron chi connectivity index (χ1n) is 7.03. The molecule has 0 aliphatic heterocycles. The molecule has 0 amide bonds. The number of hydrogen-bond acceptors (Lipinski definition) is 4. The second-order valence-corrected chi connectivity index (χ2v) is 6.36. The van der Waals surface area contributed by atoms with Gasteiger partial charge in [0.1, 0.15) is 10.8 Å². The monoisotopic (exact) mass is 291 g/mol. The molecule has 0 bridgehead atoms. The Labute approximate surface area is 122 Å². The average molecular weight is 291 g/mol. The van der Waals surface area contributed by atoms with E-state index in [1.165, 1.54) is 25.1 Å².